The van der Waals surface area contributed by atoms with Crippen LogP contribution in [0.2, 0.25) is 5.02 Å². The Morgan fingerprint density at radius 2 is 0.675 bits per heavy atom. The van der Waals surface area contributed by atoms with Gasteiger partial charge in [0, 0.05) is 28.0 Å². The number of hydrogen-bond donors (Lipinski definition) is 5. The second-order valence-corrected chi connectivity index (χ2v) is 33.6. The van der Waals surface area contributed by atoms with E-state index in [1.165, 1.54) is 77.7 Å². The fraction of sp³-hybridized carbons (Fsp3) is 0.0357. The molecule has 0 fully saturated rings. The van der Waals surface area contributed by atoms with Crippen molar-refractivity contribution in [3.63, 3.8) is 0 Å². The Balaban J connectivity index is 0.000000141. The standard InChI is InChI=1S/C19H16O2S.C18H15NO2S.C16H12F2N2O3S.C16H14N2O4S.C15H11ClN2O4S/c1-22(20,21)17-13-11-16(12-14-17)19-10-6-5-9-18(19)15-7-3-2-4-8-15;19-22(20,21)16-12-10-15(11-13-16)18-9-5-4-8-17(18)14-6-2-1-3-7-14;17-16(18)15-13(10-6-8-12(9-7-10)24(19,21)22)14(20-23-15)11-4-2-1-3-5-11;17-23(20,21)13-8-6-11(7-9-13)15-14(10-19)22-18-16(15)12-4-2-1-3-5-12;16-11-3-5-12(6-4-11)18-14(9-22-15(18)19)10-1-7-13(8-2-10)23(17,20)21/h2-14H,1H3;1-13H,(H2,19,20,21);1-9,16H,(H2,19,21,22);1-9,19H,10H2,(H2,17,20,21);1-9H,(H2,17,20,21). The van der Waals surface area contributed by atoms with Gasteiger partial charge >= 0.3 is 5.76 Å². The van der Waals surface area contributed by atoms with E-state index in [2.05, 4.69) is 52.8 Å². The summed E-state index contributed by atoms with van der Waals surface area (Å²) in [6.07, 6.45) is -0.328. The van der Waals surface area contributed by atoms with Gasteiger partial charge in [0.05, 0.1) is 47.0 Å². The van der Waals surface area contributed by atoms with Crippen LogP contribution in [-0.4, -0.2) is 68.3 Å². The summed E-state index contributed by atoms with van der Waals surface area (Å²) in [4.78, 5) is 12.3. The molecule has 0 aliphatic carbocycles. The molecule has 0 radical (unpaired) electrons. The normalized spacial score (nSPS) is 11.5. The maximum absolute atomic E-state index is 13.3. The van der Waals surface area contributed by atoms with Gasteiger partial charge in [0.25, 0.3) is 6.43 Å². The topological polar surface area (TPSA) is 382 Å². The second-order valence-electron chi connectivity index (χ2n) is 24.9. The van der Waals surface area contributed by atoms with Crippen molar-refractivity contribution in [1.29, 1.82) is 0 Å². The first kappa shape index (κ1) is 82.7. The molecule has 0 bridgehead atoms. The number of sulfonamides is 4. The van der Waals surface area contributed by atoms with Crippen molar-refractivity contribution in [2.24, 2.45) is 20.6 Å². The first-order chi connectivity index (χ1) is 54.3. The van der Waals surface area contributed by atoms with Crippen LogP contribution in [0.15, 0.2) is 364 Å². The van der Waals surface area contributed by atoms with Crippen molar-refractivity contribution < 1.29 is 69.4 Å². The van der Waals surface area contributed by atoms with Gasteiger partial charge in [-0.15, -0.1) is 0 Å². The van der Waals surface area contributed by atoms with E-state index in [4.69, 9.17) is 45.6 Å². The molecule has 0 spiro atoms. The average molecular weight is 1650 g/mol. The van der Waals surface area contributed by atoms with Crippen LogP contribution in [-0.2, 0) is 56.5 Å². The smallest absolute Gasteiger partial charge is 0.415 e. The highest BCUT2D eigenvalue weighted by molar-refractivity contribution is 7.91. The third-order valence-electron chi connectivity index (χ3n) is 17.2. The molecule has 0 aliphatic heterocycles. The van der Waals surface area contributed by atoms with Gasteiger partial charge in [-0.25, -0.2) is 80.8 Å². The number of sulfone groups is 1. The minimum absolute atomic E-state index is 0.00913. The van der Waals surface area contributed by atoms with Crippen LogP contribution in [0.5, 0.6) is 0 Å². The lowest BCUT2D eigenvalue weighted by Crippen LogP contribution is -2.13. The SMILES string of the molecule is CS(=O)(=O)c1ccc(-c2ccccc2-c2ccccc2)cc1.NS(=O)(=O)c1ccc(-c2c(-c3ccccc3)noc2C(F)F)cc1.NS(=O)(=O)c1ccc(-c2c(-c3ccccc3)noc2CO)cc1.NS(=O)(=O)c1ccc(-c2ccccc2-c2ccccc2)cc1.NS(=O)(=O)c1ccc(-c2coc(=O)n2-c2ccc(Cl)cc2)cc1. The Morgan fingerprint density at radius 1 is 0.377 bits per heavy atom. The number of rotatable bonds is 17. The summed E-state index contributed by atoms with van der Waals surface area (Å²) in [5, 5.41) is 38.2. The number of nitrogens with zero attached hydrogens (tertiary/aromatic N) is 3. The molecule has 0 amide bonds. The van der Waals surface area contributed by atoms with Crippen LogP contribution < -0.4 is 26.3 Å². The minimum atomic E-state index is -3.86. The van der Waals surface area contributed by atoms with Gasteiger partial charge in [-0.1, -0.05) is 252 Å². The first-order valence-electron chi connectivity index (χ1n) is 33.9. The molecular weight excluding hydrogens is 1580 g/mol. The fourth-order valence-corrected chi connectivity index (χ4v) is 14.6. The number of hydrogen-bond acceptors (Lipinski definition) is 17. The molecule has 30 heteroatoms. The summed E-state index contributed by atoms with van der Waals surface area (Å²) in [6, 6.07) is 92.0. The molecular formula is C84H68ClF2N7O15S5. The average Bonchev–Trinajstić information content (AvgIpc) is 1.73. The van der Waals surface area contributed by atoms with Crippen LogP contribution in [0.3, 0.4) is 0 Å². The van der Waals surface area contributed by atoms with Gasteiger partial charge in [-0.2, -0.15) is 0 Å². The summed E-state index contributed by atoms with van der Waals surface area (Å²) >= 11 is 5.85. The summed E-state index contributed by atoms with van der Waals surface area (Å²) in [6.45, 7) is -0.313. The van der Waals surface area contributed by atoms with E-state index in [1.54, 1.807) is 103 Å². The Hall–Kier alpha value is -12.2. The Bertz CT molecular complexity index is 6340. The largest absolute Gasteiger partial charge is 0.424 e. The van der Waals surface area contributed by atoms with Gasteiger partial charge in [0.1, 0.15) is 24.3 Å². The Labute approximate surface area is 660 Å². The van der Waals surface area contributed by atoms with E-state index in [9.17, 15) is 60.8 Å². The zero-order chi connectivity index (χ0) is 81.5. The molecule has 0 saturated carbocycles. The van der Waals surface area contributed by atoms with Gasteiger partial charge in [-0.05, 0) is 141 Å². The zero-order valence-electron chi connectivity index (χ0n) is 59.9. The summed E-state index contributed by atoms with van der Waals surface area (Å²) in [5.41, 5.74) is 14.3. The number of oxazole rings is 1. The number of benzene rings is 12. The highest BCUT2D eigenvalue weighted by atomic mass is 35.5. The highest BCUT2D eigenvalue weighted by Gasteiger charge is 2.27. The molecule has 0 atom stereocenters. The van der Waals surface area contributed by atoms with Crippen LogP contribution in [0.25, 0.3) is 106 Å². The van der Waals surface area contributed by atoms with Crippen molar-refractivity contribution in [3.8, 4) is 106 Å². The molecule has 0 saturated heterocycles. The van der Waals surface area contributed by atoms with Gasteiger partial charge in [0.15, 0.2) is 15.6 Å². The van der Waals surface area contributed by atoms with Gasteiger partial charge in [-0.3, -0.25) is 0 Å². The monoisotopic (exact) mass is 1650 g/mol. The Kier molecular flexibility index (Phi) is 26.2. The summed E-state index contributed by atoms with van der Waals surface area (Å²) in [7, 11) is -18.2. The molecule has 580 valence electrons. The molecule has 9 N–H and O–H groups in total. The number of aliphatic hydroxyl groups excluding tert-OH is 1. The molecule has 114 heavy (non-hydrogen) atoms. The first-order valence-corrected chi connectivity index (χ1v) is 42.4. The van der Waals surface area contributed by atoms with Gasteiger partial charge < -0.3 is 18.6 Å². The molecule has 22 nitrogen and oxygen atoms in total. The van der Waals surface area contributed by atoms with E-state index in [0.717, 1.165) is 50.1 Å². The second kappa shape index (κ2) is 36.1. The van der Waals surface area contributed by atoms with E-state index >= 15 is 0 Å². The third-order valence-corrected chi connectivity index (χ3v) is 22.3. The summed E-state index contributed by atoms with van der Waals surface area (Å²) < 4.78 is 157. The van der Waals surface area contributed by atoms with Gasteiger partial charge in [0.2, 0.25) is 45.9 Å². The highest BCUT2D eigenvalue weighted by Crippen LogP contribution is 2.41. The lowest BCUT2D eigenvalue weighted by atomic mass is 9.95. The molecule has 12 aromatic carbocycles. The number of primary sulfonamides is 4. The van der Waals surface area contributed by atoms with Crippen molar-refractivity contribution in [2.75, 3.05) is 6.26 Å². The molecule has 15 aromatic rings. The molecule has 0 aliphatic rings. The van der Waals surface area contributed by atoms with E-state index < -0.39 is 67.9 Å². The predicted octanol–water partition coefficient (Wildman–Crippen LogP) is 16.2. The molecule has 15 rings (SSSR count). The van der Waals surface area contributed by atoms with Crippen LogP contribution in [0, 0.1) is 0 Å². The quantitative estimate of drug-likeness (QED) is 0.0565. The summed E-state index contributed by atoms with van der Waals surface area (Å²) in [5.74, 6) is -0.817. The number of aromatic nitrogens is 3. The lowest BCUT2D eigenvalue weighted by molar-refractivity contribution is 0.113. The fourth-order valence-electron chi connectivity index (χ4n) is 11.7. The van der Waals surface area contributed by atoms with E-state index in [0.29, 0.717) is 60.6 Å². The van der Waals surface area contributed by atoms with Crippen molar-refractivity contribution in [1.82, 2.24) is 14.9 Å². The van der Waals surface area contributed by atoms with Crippen LogP contribution in [0.1, 0.15) is 17.9 Å². The molecule has 3 aromatic heterocycles. The number of nitrogens with two attached hydrogens (primary N) is 4. The number of alkyl halides is 2. The van der Waals surface area contributed by atoms with Crippen LogP contribution >= 0.6 is 11.6 Å². The number of halogens is 3. The van der Waals surface area contributed by atoms with Crippen LogP contribution in [0.4, 0.5) is 8.78 Å². The van der Waals surface area contributed by atoms with E-state index in [-0.39, 0.29) is 37.4 Å². The lowest BCUT2D eigenvalue weighted by Gasteiger charge is -2.10. The zero-order valence-corrected chi connectivity index (χ0v) is 64.7. The maximum atomic E-state index is 13.3. The van der Waals surface area contributed by atoms with Crippen molar-refractivity contribution in [2.45, 2.75) is 37.5 Å². The number of aliphatic hydroxyl groups is 1. The minimum Gasteiger partial charge on any atom is -0.415 e. The Morgan fingerprint density at radius 3 is 1.02 bits per heavy atom. The van der Waals surface area contributed by atoms with E-state index in [1.807, 2.05) is 109 Å². The molecule has 3 heterocycles. The maximum Gasteiger partial charge on any atom is 0.424 e. The predicted molar refractivity (Wildman–Crippen MR) is 434 cm³/mol. The van der Waals surface area contributed by atoms with Crippen molar-refractivity contribution in [3.05, 3.63) is 349 Å². The molecule has 0 unspecified atom stereocenters. The third kappa shape index (κ3) is 20.7. The van der Waals surface area contributed by atoms with Crippen molar-refractivity contribution >= 4 is 61.5 Å².